The molecule has 3 N–H and O–H groups in total. The maximum atomic E-state index is 12.5. The van der Waals surface area contributed by atoms with Gasteiger partial charge in [0.25, 0.3) is 0 Å². The van der Waals surface area contributed by atoms with Gasteiger partial charge in [-0.05, 0) is 28.3 Å². The van der Waals surface area contributed by atoms with E-state index in [1.54, 1.807) is 18.2 Å². The molecule has 1 aliphatic rings. The van der Waals surface area contributed by atoms with E-state index in [0.29, 0.717) is 5.56 Å². The summed E-state index contributed by atoms with van der Waals surface area (Å²) >= 11 is 0. The number of carboxylic acid groups (broad SMARTS) is 1. The van der Waals surface area contributed by atoms with E-state index < -0.39 is 18.1 Å². The van der Waals surface area contributed by atoms with E-state index in [9.17, 15) is 19.8 Å². The maximum absolute atomic E-state index is 12.5. The van der Waals surface area contributed by atoms with Gasteiger partial charge in [-0.2, -0.15) is 0 Å². The van der Waals surface area contributed by atoms with E-state index in [4.69, 9.17) is 9.47 Å². The van der Waals surface area contributed by atoms with E-state index in [-0.39, 0.29) is 30.4 Å². The fourth-order valence-electron chi connectivity index (χ4n) is 4.10. The number of benzene rings is 3. The average Bonchev–Trinajstić information content (AvgIpc) is 3.12. The highest BCUT2D eigenvalue weighted by atomic mass is 16.5. The minimum absolute atomic E-state index is 0.0800. The molecule has 32 heavy (non-hydrogen) atoms. The monoisotopic (exact) mass is 433 g/mol. The van der Waals surface area contributed by atoms with Gasteiger partial charge in [0.2, 0.25) is 0 Å². The summed E-state index contributed by atoms with van der Waals surface area (Å²) in [4.78, 5) is 24.2. The zero-order valence-electron chi connectivity index (χ0n) is 17.4. The molecule has 1 aliphatic carbocycles. The van der Waals surface area contributed by atoms with Crippen LogP contribution in [0.25, 0.3) is 11.1 Å². The second kappa shape index (κ2) is 9.01. The Morgan fingerprint density at radius 3 is 2.19 bits per heavy atom. The van der Waals surface area contributed by atoms with Gasteiger partial charge in [0.15, 0.2) is 11.5 Å². The minimum atomic E-state index is -1.27. The van der Waals surface area contributed by atoms with E-state index in [0.717, 1.165) is 22.3 Å². The lowest BCUT2D eigenvalue weighted by atomic mass is 9.98. The molecule has 0 bridgehead atoms. The van der Waals surface area contributed by atoms with Gasteiger partial charge < -0.3 is 25.0 Å². The van der Waals surface area contributed by atoms with Crippen LogP contribution in [-0.4, -0.2) is 42.0 Å². The molecule has 0 radical (unpaired) electrons. The highest BCUT2D eigenvalue weighted by molar-refractivity contribution is 5.81. The maximum Gasteiger partial charge on any atom is 0.407 e. The first-order valence-corrected chi connectivity index (χ1v) is 10.2. The van der Waals surface area contributed by atoms with Crippen LogP contribution >= 0.6 is 0 Å². The largest absolute Gasteiger partial charge is 0.504 e. The number of carbonyl (C=O) groups is 2. The van der Waals surface area contributed by atoms with Crippen LogP contribution in [0.4, 0.5) is 4.79 Å². The van der Waals surface area contributed by atoms with Crippen molar-refractivity contribution in [3.8, 4) is 22.6 Å². The molecular weight excluding hydrogens is 410 g/mol. The highest BCUT2D eigenvalue weighted by Crippen LogP contribution is 2.44. The number of carbonyl (C=O) groups excluding carboxylic acids is 1. The molecule has 7 nitrogen and oxygen atoms in total. The lowest BCUT2D eigenvalue weighted by Gasteiger charge is -2.18. The van der Waals surface area contributed by atoms with E-state index in [1.807, 2.05) is 48.5 Å². The van der Waals surface area contributed by atoms with Crippen molar-refractivity contribution in [2.45, 2.75) is 18.4 Å². The number of phenols is 1. The SMILES string of the molecule is COc1cccc(CC(NC(=O)OCC2c3ccccc3-c3ccccc32)C(=O)O)c1O. The van der Waals surface area contributed by atoms with Gasteiger partial charge >= 0.3 is 12.1 Å². The summed E-state index contributed by atoms with van der Waals surface area (Å²) in [5, 5.41) is 22.2. The molecule has 0 spiro atoms. The second-order valence-corrected chi connectivity index (χ2v) is 7.53. The highest BCUT2D eigenvalue weighted by Gasteiger charge is 2.30. The topological polar surface area (TPSA) is 105 Å². The molecule has 1 atom stereocenters. The number of aliphatic carboxylic acids is 1. The number of ether oxygens (including phenoxy) is 2. The first-order valence-electron chi connectivity index (χ1n) is 10.2. The third kappa shape index (κ3) is 4.09. The quantitative estimate of drug-likeness (QED) is 0.521. The Morgan fingerprint density at radius 1 is 0.969 bits per heavy atom. The molecule has 164 valence electrons. The summed E-state index contributed by atoms with van der Waals surface area (Å²) in [6.45, 7) is 0.0800. The lowest BCUT2D eigenvalue weighted by Crippen LogP contribution is -2.42. The van der Waals surface area contributed by atoms with Gasteiger partial charge in [-0.15, -0.1) is 0 Å². The lowest BCUT2D eigenvalue weighted by molar-refractivity contribution is -0.139. The Balaban J connectivity index is 1.45. The van der Waals surface area contributed by atoms with Crippen molar-refractivity contribution in [3.63, 3.8) is 0 Å². The number of alkyl carbamates (subject to hydrolysis) is 1. The molecule has 0 fully saturated rings. The smallest absolute Gasteiger partial charge is 0.407 e. The minimum Gasteiger partial charge on any atom is -0.504 e. The Morgan fingerprint density at radius 2 is 1.59 bits per heavy atom. The Bertz CT molecular complexity index is 1110. The zero-order valence-corrected chi connectivity index (χ0v) is 17.4. The summed E-state index contributed by atoms with van der Waals surface area (Å²) in [7, 11) is 1.41. The number of fused-ring (bicyclic) bond motifs is 3. The van der Waals surface area contributed by atoms with Crippen LogP contribution in [0.2, 0.25) is 0 Å². The summed E-state index contributed by atoms with van der Waals surface area (Å²) in [6, 6.07) is 19.4. The van der Waals surface area contributed by atoms with Crippen molar-refractivity contribution in [2.24, 2.45) is 0 Å². The molecule has 4 rings (SSSR count). The molecule has 0 heterocycles. The predicted octanol–water partition coefficient (Wildman–Crippen LogP) is 3.94. The number of phenolic OH excluding ortho intramolecular Hbond substituents is 1. The molecule has 0 saturated heterocycles. The third-order valence-corrected chi connectivity index (χ3v) is 5.66. The number of methoxy groups -OCH3 is 1. The fourth-order valence-corrected chi connectivity index (χ4v) is 4.10. The molecule has 3 aromatic carbocycles. The van der Waals surface area contributed by atoms with Crippen molar-refractivity contribution >= 4 is 12.1 Å². The number of carboxylic acids is 1. The molecule has 0 saturated carbocycles. The number of nitrogens with one attached hydrogen (secondary N) is 1. The molecule has 0 aliphatic heterocycles. The van der Waals surface area contributed by atoms with Crippen molar-refractivity contribution in [2.75, 3.05) is 13.7 Å². The number of hydrogen-bond donors (Lipinski definition) is 3. The van der Waals surface area contributed by atoms with Gasteiger partial charge in [-0.3, -0.25) is 0 Å². The summed E-state index contributed by atoms with van der Waals surface area (Å²) in [5.74, 6) is -1.29. The van der Waals surface area contributed by atoms with E-state index >= 15 is 0 Å². The number of aromatic hydroxyl groups is 1. The summed E-state index contributed by atoms with van der Waals surface area (Å²) in [6.07, 6.45) is -0.954. The summed E-state index contributed by atoms with van der Waals surface area (Å²) in [5.41, 5.74) is 4.69. The number of hydrogen-bond acceptors (Lipinski definition) is 5. The normalized spacial score (nSPS) is 13.0. The van der Waals surface area contributed by atoms with Gasteiger partial charge in [0.1, 0.15) is 12.6 Å². The second-order valence-electron chi connectivity index (χ2n) is 7.53. The van der Waals surface area contributed by atoms with Gasteiger partial charge in [0.05, 0.1) is 7.11 Å². The third-order valence-electron chi connectivity index (χ3n) is 5.66. The summed E-state index contributed by atoms with van der Waals surface area (Å²) < 4.78 is 10.5. The van der Waals surface area contributed by atoms with Crippen molar-refractivity contribution in [1.82, 2.24) is 5.32 Å². The van der Waals surface area contributed by atoms with Crippen LogP contribution in [0, 0.1) is 0 Å². The first-order chi connectivity index (χ1) is 15.5. The molecule has 7 heteroatoms. The van der Waals surface area contributed by atoms with Crippen molar-refractivity contribution in [1.29, 1.82) is 0 Å². The van der Waals surface area contributed by atoms with Crippen LogP contribution < -0.4 is 10.1 Å². The Labute approximate surface area is 185 Å². The first kappa shape index (κ1) is 21.2. The Hall–Kier alpha value is -4.00. The molecule has 3 aromatic rings. The van der Waals surface area contributed by atoms with Gasteiger partial charge in [-0.25, -0.2) is 9.59 Å². The predicted molar refractivity (Wildman–Crippen MR) is 118 cm³/mol. The molecular formula is C25H23NO6. The molecule has 0 aromatic heterocycles. The van der Waals surface area contributed by atoms with Crippen molar-refractivity contribution < 1.29 is 29.3 Å². The molecule has 1 unspecified atom stereocenters. The van der Waals surface area contributed by atoms with Crippen LogP contribution in [0.3, 0.4) is 0 Å². The van der Waals surface area contributed by atoms with Crippen LogP contribution in [0.1, 0.15) is 22.6 Å². The van der Waals surface area contributed by atoms with Crippen molar-refractivity contribution in [3.05, 3.63) is 83.4 Å². The average molecular weight is 433 g/mol. The van der Waals surface area contributed by atoms with Gasteiger partial charge in [-0.1, -0.05) is 60.7 Å². The molecule has 1 amide bonds. The number of amides is 1. The van der Waals surface area contributed by atoms with E-state index in [2.05, 4.69) is 5.32 Å². The fraction of sp³-hybridized carbons (Fsp3) is 0.200. The van der Waals surface area contributed by atoms with Crippen LogP contribution in [0.15, 0.2) is 66.7 Å². The van der Waals surface area contributed by atoms with Gasteiger partial charge in [0, 0.05) is 17.9 Å². The van der Waals surface area contributed by atoms with E-state index in [1.165, 1.54) is 7.11 Å². The van der Waals surface area contributed by atoms with Crippen LogP contribution in [0.5, 0.6) is 11.5 Å². The number of para-hydroxylation sites is 1. The Kier molecular flexibility index (Phi) is 5.98. The zero-order chi connectivity index (χ0) is 22.7. The number of rotatable bonds is 7. The standard InChI is InChI=1S/C25H23NO6/c1-31-22-12-6-7-15(23(22)27)13-21(24(28)29)26-25(30)32-14-20-18-10-4-2-8-16(18)17-9-3-5-11-19(17)20/h2-12,20-21,27H,13-14H2,1H3,(H,26,30)(H,28,29). The van der Waals surface area contributed by atoms with Crippen LogP contribution in [-0.2, 0) is 16.0 Å².